The molecule has 3 fully saturated rings. The predicted octanol–water partition coefficient (Wildman–Crippen LogP) is 1.91. The zero-order valence-electron chi connectivity index (χ0n) is 15.0. The highest BCUT2D eigenvalue weighted by Crippen LogP contribution is 2.53. The van der Waals surface area contributed by atoms with E-state index in [1.807, 2.05) is 0 Å². The van der Waals surface area contributed by atoms with E-state index < -0.39 is 0 Å². The maximum atomic E-state index is 12.8. The first-order valence-electron chi connectivity index (χ1n) is 9.69. The highest BCUT2D eigenvalue weighted by molar-refractivity contribution is 6.22. The Morgan fingerprint density at radius 1 is 1.07 bits per heavy atom. The molecular formula is C21H22N2O4. The summed E-state index contributed by atoms with van der Waals surface area (Å²) in [7, 11) is 0. The highest BCUT2D eigenvalue weighted by Gasteiger charge is 2.59. The third-order valence-electron chi connectivity index (χ3n) is 6.37. The molecule has 3 amide bonds. The predicted molar refractivity (Wildman–Crippen MR) is 98.0 cm³/mol. The monoisotopic (exact) mass is 366 g/mol. The maximum Gasteiger partial charge on any atom is 0.251 e. The minimum Gasteiger partial charge on any atom is -0.376 e. The van der Waals surface area contributed by atoms with Crippen molar-refractivity contribution < 1.29 is 19.1 Å². The van der Waals surface area contributed by atoms with Crippen LogP contribution in [0.5, 0.6) is 0 Å². The average molecular weight is 366 g/mol. The molecule has 0 radical (unpaired) electrons. The summed E-state index contributed by atoms with van der Waals surface area (Å²) in [5.74, 6) is -0.387. The maximum absolute atomic E-state index is 12.8. The fourth-order valence-corrected chi connectivity index (χ4v) is 5.03. The summed E-state index contributed by atoms with van der Waals surface area (Å²) in [5.41, 5.74) is 1.06. The molecule has 1 N–H and O–H groups in total. The van der Waals surface area contributed by atoms with Gasteiger partial charge >= 0.3 is 0 Å². The van der Waals surface area contributed by atoms with Crippen molar-refractivity contribution in [3.05, 3.63) is 42.0 Å². The Labute approximate surface area is 157 Å². The van der Waals surface area contributed by atoms with E-state index in [2.05, 4.69) is 17.5 Å². The molecule has 0 spiro atoms. The van der Waals surface area contributed by atoms with Gasteiger partial charge in [-0.3, -0.25) is 19.3 Å². The van der Waals surface area contributed by atoms with Crippen molar-refractivity contribution >= 4 is 23.4 Å². The summed E-state index contributed by atoms with van der Waals surface area (Å²) in [5, 5.41) is 2.88. The zero-order valence-corrected chi connectivity index (χ0v) is 15.0. The molecule has 2 saturated heterocycles. The summed E-state index contributed by atoms with van der Waals surface area (Å²) < 4.78 is 5.51. The largest absolute Gasteiger partial charge is 0.376 e. The van der Waals surface area contributed by atoms with E-state index in [0.29, 0.717) is 17.8 Å². The van der Waals surface area contributed by atoms with E-state index in [1.165, 1.54) is 4.90 Å². The molecule has 6 heteroatoms. The first-order chi connectivity index (χ1) is 13.1. The highest BCUT2D eigenvalue weighted by atomic mass is 16.5. The van der Waals surface area contributed by atoms with Crippen LogP contribution < -0.4 is 10.2 Å². The summed E-state index contributed by atoms with van der Waals surface area (Å²) in [6, 6.07) is 6.71. The third-order valence-corrected chi connectivity index (χ3v) is 6.37. The van der Waals surface area contributed by atoms with Gasteiger partial charge in [0.1, 0.15) is 0 Å². The van der Waals surface area contributed by atoms with Gasteiger partial charge in [-0.25, -0.2) is 0 Å². The molecular weight excluding hydrogens is 344 g/mol. The normalized spacial score (nSPS) is 33.8. The fourth-order valence-electron chi connectivity index (χ4n) is 5.03. The van der Waals surface area contributed by atoms with Gasteiger partial charge in [-0.1, -0.05) is 12.2 Å². The number of benzene rings is 1. The summed E-state index contributed by atoms with van der Waals surface area (Å²) in [6.45, 7) is 1.26. The van der Waals surface area contributed by atoms with Crippen LogP contribution in [0, 0.1) is 23.7 Å². The average Bonchev–Trinajstić information content (AvgIpc) is 3.45. The Morgan fingerprint density at radius 2 is 1.74 bits per heavy atom. The van der Waals surface area contributed by atoms with E-state index in [-0.39, 0.29) is 47.5 Å². The molecule has 2 aliphatic heterocycles. The van der Waals surface area contributed by atoms with Crippen molar-refractivity contribution in [3.8, 4) is 0 Å². The number of hydrogen-bond donors (Lipinski definition) is 1. The second kappa shape index (κ2) is 6.30. The van der Waals surface area contributed by atoms with Crippen molar-refractivity contribution in [2.24, 2.45) is 23.7 Å². The van der Waals surface area contributed by atoms with Gasteiger partial charge in [-0.05, 0) is 55.4 Å². The first-order valence-corrected chi connectivity index (χ1v) is 9.69. The molecule has 6 nitrogen and oxygen atoms in total. The molecule has 4 aliphatic rings. The van der Waals surface area contributed by atoms with Crippen LogP contribution in [0.3, 0.4) is 0 Å². The van der Waals surface area contributed by atoms with Crippen LogP contribution in [0.2, 0.25) is 0 Å². The second-order valence-corrected chi connectivity index (χ2v) is 7.90. The van der Waals surface area contributed by atoms with Crippen LogP contribution in [-0.4, -0.2) is 37.0 Å². The molecule has 1 aromatic rings. The number of fused-ring (bicyclic) bond motifs is 5. The lowest BCUT2D eigenvalue weighted by molar-refractivity contribution is -0.123. The number of hydrogen-bond acceptors (Lipinski definition) is 4. The van der Waals surface area contributed by atoms with E-state index in [0.717, 1.165) is 25.9 Å². The van der Waals surface area contributed by atoms with Crippen LogP contribution in [-0.2, 0) is 14.3 Å². The number of nitrogens with one attached hydrogen (secondary N) is 1. The topological polar surface area (TPSA) is 75.7 Å². The van der Waals surface area contributed by atoms with Crippen molar-refractivity contribution in [1.82, 2.24) is 5.32 Å². The minimum atomic E-state index is -0.207. The number of amides is 3. The van der Waals surface area contributed by atoms with Crippen molar-refractivity contribution in [3.63, 3.8) is 0 Å². The lowest BCUT2D eigenvalue weighted by atomic mass is 9.85. The lowest BCUT2D eigenvalue weighted by Crippen LogP contribution is -2.33. The molecule has 1 aromatic carbocycles. The van der Waals surface area contributed by atoms with Crippen LogP contribution in [0.25, 0.3) is 0 Å². The molecule has 5 atom stereocenters. The Bertz CT molecular complexity index is 795. The molecule has 2 aliphatic carbocycles. The molecule has 1 saturated carbocycles. The van der Waals surface area contributed by atoms with Crippen molar-refractivity contribution in [1.29, 1.82) is 0 Å². The Balaban J connectivity index is 1.28. The second-order valence-electron chi connectivity index (χ2n) is 7.90. The number of anilines is 1. The van der Waals surface area contributed by atoms with Gasteiger partial charge in [0.2, 0.25) is 11.8 Å². The Morgan fingerprint density at radius 3 is 2.33 bits per heavy atom. The lowest BCUT2D eigenvalue weighted by Gasteiger charge is -2.17. The number of carbonyl (C=O) groups is 3. The van der Waals surface area contributed by atoms with Gasteiger partial charge in [0.15, 0.2) is 0 Å². The van der Waals surface area contributed by atoms with Crippen LogP contribution in [0.1, 0.15) is 29.6 Å². The van der Waals surface area contributed by atoms with Gasteiger partial charge in [0.25, 0.3) is 5.91 Å². The summed E-state index contributed by atoms with van der Waals surface area (Å²) >= 11 is 0. The molecule has 140 valence electrons. The third kappa shape index (κ3) is 2.62. The number of allylic oxidation sites excluding steroid dienone is 2. The van der Waals surface area contributed by atoms with E-state index in [4.69, 9.17) is 4.74 Å². The van der Waals surface area contributed by atoms with Crippen LogP contribution >= 0.6 is 0 Å². The smallest absolute Gasteiger partial charge is 0.251 e. The molecule has 2 bridgehead atoms. The molecule has 5 unspecified atom stereocenters. The number of imide groups is 1. The number of rotatable bonds is 4. The van der Waals surface area contributed by atoms with Gasteiger partial charge in [-0.15, -0.1) is 0 Å². The Hall–Kier alpha value is -2.47. The van der Waals surface area contributed by atoms with Crippen LogP contribution in [0.4, 0.5) is 5.69 Å². The zero-order chi connectivity index (χ0) is 18.5. The van der Waals surface area contributed by atoms with E-state index in [1.54, 1.807) is 24.3 Å². The molecule has 2 heterocycles. The number of ether oxygens (including phenoxy) is 1. The number of nitrogens with zero attached hydrogens (tertiary/aromatic N) is 1. The summed E-state index contributed by atoms with van der Waals surface area (Å²) in [6.07, 6.45) is 7.19. The van der Waals surface area contributed by atoms with Gasteiger partial charge in [0.05, 0.1) is 23.6 Å². The van der Waals surface area contributed by atoms with Crippen molar-refractivity contribution in [2.45, 2.75) is 25.4 Å². The molecule has 0 aromatic heterocycles. The fraction of sp³-hybridized carbons (Fsp3) is 0.476. The van der Waals surface area contributed by atoms with E-state index in [9.17, 15) is 14.4 Å². The van der Waals surface area contributed by atoms with Gasteiger partial charge in [-0.2, -0.15) is 0 Å². The first kappa shape index (κ1) is 16.7. The SMILES string of the molecule is O=C(NCC1CCCO1)c1ccc(N2C(=O)C3C4C=CC(C4)C3C2=O)cc1. The Kier molecular flexibility index (Phi) is 3.90. The van der Waals surface area contributed by atoms with Gasteiger partial charge in [0, 0.05) is 18.7 Å². The van der Waals surface area contributed by atoms with E-state index >= 15 is 0 Å². The minimum absolute atomic E-state index is 0.0939. The van der Waals surface area contributed by atoms with Crippen molar-refractivity contribution in [2.75, 3.05) is 18.1 Å². The summed E-state index contributed by atoms with van der Waals surface area (Å²) in [4.78, 5) is 39.3. The standard InChI is InChI=1S/C21H22N2O4/c24-19(22-11-16-2-1-9-27-16)12-5-7-15(8-6-12)23-20(25)17-13-3-4-14(10-13)18(17)21(23)26/h3-8,13-14,16-18H,1-2,9-11H2,(H,22,24). The molecule has 27 heavy (non-hydrogen) atoms. The quantitative estimate of drug-likeness (QED) is 0.652. The van der Waals surface area contributed by atoms with Gasteiger partial charge < -0.3 is 10.1 Å². The molecule has 5 rings (SSSR count). The van der Waals surface area contributed by atoms with Crippen LogP contribution in [0.15, 0.2) is 36.4 Å². The number of carbonyl (C=O) groups excluding carboxylic acids is 3.